The average Bonchev–Trinajstić information content (AvgIpc) is 2.31. The van der Waals surface area contributed by atoms with Crippen LogP contribution in [0, 0.1) is 0 Å². The van der Waals surface area contributed by atoms with E-state index >= 15 is 0 Å². The molecule has 0 saturated carbocycles. The molecule has 0 heterocycles. The van der Waals surface area contributed by atoms with Crippen LogP contribution in [-0.2, 0) is 0 Å². The van der Waals surface area contributed by atoms with Gasteiger partial charge in [-0.2, -0.15) is 0 Å². The molecule has 3 N–H and O–H groups in total. The highest BCUT2D eigenvalue weighted by molar-refractivity contribution is 5.67. The lowest BCUT2D eigenvalue weighted by Crippen LogP contribution is -2.24. The fourth-order valence-corrected chi connectivity index (χ4v) is 1.82. The molecule has 16 heavy (non-hydrogen) atoms. The third-order valence-electron chi connectivity index (χ3n) is 2.75. The van der Waals surface area contributed by atoms with Crippen LogP contribution in [0.1, 0.15) is 26.2 Å². The van der Waals surface area contributed by atoms with E-state index in [1.165, 1.54) is 0 Å². The van der Waals surface area contributed by atoms with E-state index in [9.17, 15) is 0 Å². The predicted octanol–water partition coefficient (Wildman–Crippen LogP) is 2.26. The molecule has 0 aliphatic carbocycles. The number of rotatable bonds is 7. The number of benzene rings is 1. The van der Waals surface area contributed by atoms with Crippen LogP contribution in [0.4, 0.5) is 11.4 Å². The lowest BCUT2D eigenvalue weighted by atomic mass is 10.2. The van der Waals surface area contributed by atoms with Gasteiger partial charge in [0.2, 0.25) is 0 Å². The standard InChI is InChI=1S/C13H22N2O/c1-2-15(10-6-3-7-11-16)13-9-5-4-8-12(13)14/h4-5,8-9,16H,2-3,6-7,10-11,14H2,1H3. The highest BCUT2D eigenvalue weighted by atomic mass is 16.2. The number of aliphatic hydroxyl groups excluding tert-OH is 1. The molecule has 0 aliphatic rings. The molecule has 3 nitrogen and oxygen atoms in total. The molecule has 1 aromatic rings. The van der Waals surface area contributed by atoms with Gasteiger partial charge in [-0.3, -0.25) is 0 Å². The van der Waals surface area contributed by atoms with E-state index in [-0.39, 0.29) is 0 Å². The Balaban J connectivity index is 2.51. The van der Waals surface area contributed by atoms with Crippen molar-refractivity contribution in [2.24, 2.45) is 0 Å². The largest absolute Gasteiger partial charge is 0.397 e. The Morgan fingerprint density at radius 2 is 1.94 bits per heavy atom. The number of hydrogen-bond donors (Lipinski definition) is 2. The number of nitrogens with two attached hydrogens (primary N) is 1. The molecule has 0 amide bonds. The van der Waals surface area contributed by atoms with Gasteiger partial charge >= 0.3 is 0 Å². The van der Waals surface area contributed by atoms with Crippen molar-refractivity contribution in [1.82, 2.24) is 0 Å². The first-order valence-electron chi connectivity index (χ1n) is 6.00. The second-order valence-corrected chi connectivity index (χ2v) is 3.92. The van der Waals surface area contributed by atoms with Gasteiger partial charge in [0.1, 0.15) is 0 Å². The summed E-state index contributed by atoms with van der Waals surface area (Å²) in [6.07, 6.45) is 3.06. The number of nitrogens with zero attached hydrogens (tertiary/aromatic N) is 1. The van der Waals surface area contributed by atoms with Gasteiger partial charge in [0, 0.05) is 19.7 Å². The quantitative estimate of drug-likeness (QED) is 0.549. The smallest absolute Gasteiger partial charge is 0.0599 e. The molecule has 0 saturated heterocycles. The van der Waals surface area contributed by atoms with Crippen LogP contribution in [0.3, 0.4) is 0 Å². The van der Waals surface area contributed by atoms with Gasteiger partial charge in [-0.15, -0.1) is 0 Å². The maximum Gasteiger partial charge on any atom is 0.0599 e. The zero-order chi connectivity index (χ0) is 11.8. The van der Waals surface area contributed by atoms with E-state index in [0.717, 1.165) is 43.7 Å². The number of unbranched alkanes of at least 4 members (excludes halogenated alkanes) is 2. The topological polar surface area (TPSA) is 49.5 Å². The molecule has 0 spiro atoms. The monoisotopic (exact) mass is 222 g/mol. The average molecular weight is 222 g/mol. The summed E-state index contributed by atoms with van der Waals surface area (Å²) in [7, 11) is 0. The van der Waals surface area contributed by atoms with Gasteiger partial charge in [-0.1, -0.05) is 12.1 Å². The summed E-state index contributed by atoms with van der Waals surface area (Å²) >= 11 is 0. The second kappa shape index (κ2) is 7.12. The Bertz CT molecular complexity index is 302. The molecule has 90 valence electrons. The Hall–Kier alpha value is -1.22. The summed E-state index contributed by atoms with van der Waals surface area (Å²) in [5, 5.41) is 8.72. The van der Waals surface area contributed by atoms with Crippen LogP contribution in [-0.4, -0.2) is 24.8 Å². The van der Waals surface area contributed by atoms with Crippen LogP contribution in [0.2, 0.25) is 0 Å². The highest BCUT2D eigenvalue weighted by Crippen LogP contribution is 2.22. The maximum absolute atomic E-state index is 8.72. The molecule has 0 aliphatic heterocycles. The third kappa shape index (κ3) is 3.74. The normalized spacial score (nSPS) is 10.4. The molecule has 0 fully saturated rings. The minimum Gasteiger partial charge on any atom is -0.397 e. The van der Waals surface area contributed by atoms with E-state index in [0.29, 0.717) is 6.61 Å². The second-order valence-electron chi connectivity index (χ2n) is 3.92. The van der Waals surface area contributed by atoms with E-state index in [4.69, 9.17) is 10.8 Å². The molecule has 3 heteroatoms. The van der Waals surface area contributed by atoms with Crippen LogP contribution in [0.5, 0.6) is 0 Å². The van der Waals surface area contributed by atoms with Crippen LogP contribution < -0.4 is 10.6 Å². The van der Waals surface area contributed by atoms with Crippen LogP contribution >= 0.6 is 0 Å². The first-order valence-corrected chi connectivity index (χ1v) is 6.00. The van der Waals surface area contributed by atoms with Crippen molar-refractivity contribution >= 4 is 11.4 Å². The lowest BCUT2D eigenvalue weighted by molar-refractivity contribution is 0.283. The van der Waals surface area contributed by atoms with Gasteiger partial charge < -0.3 is 15.7 Å². The van der Waals surface area contributed by atoms with Crippen molar-refractivity contribution < 1.29 is 5.11 Å². The number of anilines is 2. The zero-order valence-corrected chi connectivity index (χ0v) is 10.0. The number of hydrogen-bond acceptors (Lipinski definition) is 3. The third-order valence-corrected chi connectivity index (χ3v) is 2.75. The number of nitrogen functional groups attached to an aromatic ring is 1. The van der Waals surface area contributed by atoms with Gasteiger partial charge in [0.15, 0.2) is 0 Å². The highest BCUT2D eigenvalue weighted by Gasteiger charge is 2.06. The van der Waals surface area contributed by atoms with Gasteiger partial charge in [-0.05, 0) is 38.3 Å². The fourth-order valence-electron chi connectivity index (χ4n) is 1.82. The Morgan fingerprint density at radius 1 is 1.19 bits per heavy atom. The van der Waals surface area contributed by atoms with E-state index in [1.54, 1.807) is 0 Å². The van der Waals surface area contributed by atoms with Gasteiger partial charge in [0.25, 0.3) is 0 Å². The van der Waals surface area contributed by atoms with Crippen molar-refractivity contribution in [2.75, 3.05) is 30.3 Å². The summed E-state index contributed by atoms with van der Waals surface area (Å²) in [6.45, 7) is 4.40. The lowest BCUT2D eigenvalue weighted by Gasteiger charge is -2.24. The molecular weight excluding hydrogens is 200 g/mol. The molecule has 1 aromatic carbocycles. The summed E-state index contributed by atoms with van der Waals surface area (Å²) < 4.78 is 0. The molecular formula is C13H22N2O. The summed E-state index contributed by atoms with van der Waals surface area (Å²) in [4.78, 5) is 2.28. The predicted molar refractivity (Wildman–Crippen MR) is 69.7 cm³/mol. The molecule has 0 unspecified atom stereocenters. The molecule has 0 atom stereocenters. The minimum absolute atomic E-state index is 0.291. The molecule has 0 aromatic heterocycles. The maximum atomic E-state index is 8.72. The van der Waals surface area contributed by atoms with Crippen molar-refractivity contribution in [3.05, 3.63) is 24.3 Å². The van der Waals surface area contributed by atoms with Crippen molar-refractivity contribution in [3.63, 3.8) is 0 Å². The van der Waals surface area contributed by atoms with Crippen molar-refractivity contribution in [1.29, 1.82) is 0 Å². The summed E-state index contributed by atoms with van der Waals surface area (Å²) in [5.41, 5.74) is 7.90. The first kappa shape index (κ1) is 12.8. The SMILES string of the molecule is CCN(CCCCCO)c1ccccc1N. The van der Waals surface area contributed by atoms with Gasteiger partial charge in [0.05, 0.1) is 11.4 Å². The summed E-state index contributed by atoms with van der Waals surface area (Å²) in [5.74, 6) is 0. The Morgan fingerprint density at radius 3 is 2.56 bits per heavy atom. The van der Waals surface area contributed by atoms with Crippen molar-refractivity contribution in [2.45, 2.75) is 26.2 Å². The minimum atomic E-state index is 0.291. The molecule has 0 radical (unpaired) electrons. The van der Waals surface area contributed by atoms with E-state index < -0.39 is 0 Å². The Labute approximate surface area is 97.9 Å². The zero-order valence-electron chi connectivity index (χ0n) is 10.0. The van der Waals surface area contributed by atoms with Gasteiger partial charge in [-0.25, -0.2) is 0 Å². The van der Waals surface area contributed by atoms with E-state index in [2.05, 4.69) is 17.9 Å². The van der Waals surface area contributed by atoms with E-state index in [1.807, 2.05) is 18.2 Å². The number of aliphatic hydroxyl groups is 1. The Kier molecular flexibility index (Phi) is 5.72. The molecule has 1 rings (SSSR count). The van der Waals surface area contributed by atoms with Crippen LogP contribution in [0.25, 0.3) is 0 Å². The fraction of sp³-hybridized carbons (Fsp3) is 0.538. The molecule has 0 bridgehead atoms. The van der Waals surface area contributed by atoms with Crippen LogP contribution in [0.15, 0.2) is 24.3 Å². The van der Waals surface area contributed by atoms with Crippen molar-refractivity contribution in [3.8, 4) is 0 Å². The summed E-state index contributed by atoms with van der Waals surface area (Å²) in [6, 6.07) is 7.97. The first-order chi connectivity index (χ1) is 7.79. The number of para-hydroxylation sites is 2.